The molecule has 1 saturated carbocycles. The summed E-state index contributed by atoms with van der Waals surface area (Å²) in [6.07, 6.45) is 4.28. The van der Waals surface area contributed by atoms with Crippen LogP contribution in [0.5, 0.6) is 5.75 Å². The minimum atomic E-state index is 0.117. The molecule has 1 aromatic heterocycles. The number of ether oxygens (including phenoxy) is 1. The second-order valence-electron chi connectivity index (χ2n) is 7.66. The number of methoxy groups -OCH3 is 1. The van der Waals surface area contributed by atoms with Crippen molar-refractivity contribution >= 4 is 5.91 Å². The first kappa shape index (κ1) is 19.2. The van der Waals surface area contributed by atoms with E-state index in [1.54, 1.807) is 7.11 Å². The molecule has 3 aromatic rings. The van der Waals surface area contributed by atoms with Crippen molar-refractivity contribution in [3.8, 4) is 22.7 Å². The van der Waals surface area contributed by atoms with Crippen molar-refractivity contribution in [2.45, 2.75) is 25.4 Å². The predicted octanol–water partition coefficient (Wildman–Crippen LogP) is 1.84. The molecule has 2 aromatic carbocycles. The molecule has 6 nitrogen and oxygen atoms in total. The fourth-order valence-electron chi connectivity index (χ4n) is 3.41. The first-order chi connectivity index (χ1) is 14.1. The van der Waals surface area contributed by atoms with Crippen LogP contribution >= 0.6 is 0 Å². The first-order valence-electron chi connectivity index (χ1n) is 10.0. The predicted molar refractivity (Wildman–Crippen MR) is 112 cm³/mol. The normalized spacial score (nSPS) is 14.4. The smallest absolute Gasteiger partial charge is 0.275 e. The van der Waals surface area contributed by atoms with Gasteiger partial charge in [-0.1, -0.05) is 18.2 Å². The monoisotopic (exact) mass is 391 g/mol. The molecule has 0 radical (unpaired) electrons. The van der Waals surface area contributed by atoms with Crippen LogP contribution in [0.25, 0.3) is 16.9 Å². The van der Waals surface area contributed by atoms with E-state index in [1.165, 1.54) is 0 Å². The summed E-state index contributed by atoms with van der Waals surface area (Å²) < 4.78 is 7.19. The summed E-state index contributed by atoms with van der Waals surface area (Å²) in [7, 11) is 3.71. The molecule has 150 valence electrons. The minimum Gasteiger partial charge on any atom is -0.497 e. The van der Waals surface area contributed by atoms with E-state index in [0.717, 1.165) is 46.0 Å². The number of nitrogens with one attached hydrogen (secondary N) is 2. The van der Waals surface area contributed by atoms with Crippen LogP contribution in [-0.4, -0.2) is 42.4 Å². The molecule has 2 N–H and O–H groups in total. The van der Waals surface area contributed by atoms with Crippen LogP contribution in [0.2, 0.25) is 0 Å². The van der Waals surface area contributed by atoms with E-state index in [1.807, 2.05) is 66.3 Å². The fourth-order valence-corrected chi connectivity index (χ4v) is 3.41. The summed E-state index contributed by atoms with van der Waals surface area (Å²) in [6.45, 7) is 1.17. The summed E-state index contributed by atoms with van der Waals surface area (Å²) in [5.74, 6) is 0.934. The number of aromatic nitrogens is 2. The van der Waals surface area contributed by atoms with Gasteiger partial charge in [0, 0.05) is 17.8 Å². The van der Waals surface area contributed by atoms with Crippen LogP contribution in [-0.2, 0) is 11.3 Å². The lowest BCUT2D eigenvalue weighted by Crippen LogP contribution is -3.08. The van der Waals surface area contributed by atoms with Crippen LogP contribution < -0.4 is 15.0 Å². The maximum atomic E-state index is 12.2. The van der Waals surface area contributed by atoms with Crippen molar-refractivity contribution in [2.24, 2.45) is 0 Å². The van der Waals surface area contributed by atoms with Crippen molar-refractivity contribution < 1.29 is 14.4 Å². The van der Waals surface area contributed by atoms with E-state index < -0.39 is 0 Å². The van der Waals surface area contributed by atoms with Gasteiger partial charge in [0.15, 0.2) is 6.54 Å². The maximum Gasteiger partial charge on any atom is 0.275 e. The molecular formula is C23H27N4O2+. The topological polar surface area (TPSA) is 60.6 Å². The molecule has 0 aliphatic heterocycles. The van der Waals surface area contributed by atoms with Gasteiger partial charge in [-0.2, -0.15) is 5.10 Å². The Morgan fingerprint density at radius 3 is 2.55 bits per heavy atom. The molecule has 4 rings (SSSR count). The maximum absolute atomic E-state index is 12.2. The molecule has 1 aliphatic carbocycles. The average Bonchev–Trinajstić information content (AvgIpc) is 3.45. The molecule has 29 heavy (non-hydrogen) atoms. The third-order valence-corrected chi connectivity index (χ3v) is 5.07. The Bertz CT molecular complexity index is 962. The van der Waals surface area contributed by atoms with Gasteiger partial charge < -0.3 is 15.0 Å². The number of quaternary nitrogens is 1. The molecular weight excluding hydrogens is 364 g/mol. The highest BCUT2D eigenvalue weighted by Crippen LogP contribution is 2.25. The Labute approximate surface area is 171 Å². The lowest BCUT2D eigenvalue weighted by Gasteiger charge is -2.13. The summed E-state index contributed by atoms with van der Waals surface area (Å²) in [5, 5.41) is 7.92. The molecule has 1 fully saturated rings. The van der Waals surface area contributed by atoms with Crippen molar-refractivity contribution in [2.75, 3.05) is 20.7 Å². The Morgan fingerprint density at radius 2 is 1.90 bits per heavy atom. The van der Waals surface area contributed by atoms with Crippen LogP contribution in [0.15, 0.2) is 60.8 Å². The molecule has 1 amide bonds. The number of amides is 1. The zero-order valence-electron chi connectivity index (χ0n) is 16.9. The van der Waals surface area contributed by atoms with Gasteiger partial charge in [0.05, 0.1) is 25.4 Å². The second kappa shape index (κ2) is 8.49. The van der Waals surface area contributed by atoms with Crippen LogP contribution in [0.1, 0.15) is 18.4 Å². The van der Waals surface area contributed by atoms with Crippen molar-refractivity contribution in [1.29, 1.82) is 0 Å². The molecule has 1 atom stereocenters. The number of carbonyl (C=O) groups is 1. The van der Waals surface area contributed by atoms with Gasteiger partial charge in [-0.25, -0.2) is 4.68 Å². The Kier molecular flexibility index (Phi) is 5.62. The van der Waals surface area contributed by atoms with Gasteiger partial charge in [0.2, 0.25) is 0 Å². The molecule has 6 heteroatoms. The van der Waals surface area contributed by atoms with E-state index in [9.17, 15) is 4.79 Å². The zero-order chi connectivity index (χ0) is 20.2. The lowest BCUT2D eigenvalue weighted by molar-refractivity contribution is -0.885. The highest BCUT2D eigenvalue weighted by Gasteiger charge is 2.25. The van der Waals surface area contributed by atoms with Gasteiger partial charge >= 0.3 is 0 Å². The number of hydrogen-bond acceptors (Lipinski definition) is 3. The Hall–Kier alpha value is -3.12. The summed E-state index contributed by atoms with van der Waals surface area (Å²) in [4.78, 5) is 13.3. The average molecular weight is 391 g/mol. The lowest BCUT2D eigenvalue weighted by atomic mass is 10.1. The Morgan fingerprint density at radius 1 is 1.17 bits per heavy atom. The van der Waals surface area contributed by atoms with E-state index >= 15 is 0 Å². The largest absolute Gasteiger partial charge is 0.497 e. The van der Waals surface area contributed by atoms with E-state index in [4.69, 9.17) is 9.84 Å². The third kappa shape index (κ3) is 4.84. The summed E-state index contributed by atoms with van der Waals surface area (Å²) >= 11 is 0. The van der Waals surface area contributed by atoms with E-state index in [0.29, 0.717) is 19.1 Å². The number of nitrogens with zero attached hydrogens (tertiary/aromatic N) is 2. The number of rotatable bonds is 8. The van der Waals surface area contributed by atoms with Gasteiger partial charge in [-0.3, -0.25) is 4.79 Å². The second-order valence-corrected chi connectivity index (χ2v) is 7.66. The summed E-state index contributed by atoms with van der Waals surface area (Å²) in [5.41, 5.74) is 4.08. The molecule has 0 spiro atoms. The SMILES string of the molecule is COc1ccc(-c2nn(-c3ccccc3)cc2C[NH+](C)CC(=O)NC2CC2)cc1. The number of carbonyl (C=O) groups excluding carboxylic acids is 1. The van der Waals surface area contributed by atoms with Crippen molar-refractivity contribution in [3.05, 3.63) is 66.4 Å². The molecule has 0 bridgehead atoms. The van der Waals surface area contributed by atoms with E-state index in [2.05, 4.69) is 11.5 Å². The number of benzene rings is 2. The van der Waals surface area contributed by atoms with Crippen molar-refractivity contribution in [3.63, 3.8) is 0 Å². The highest BCUT2D eigenvalue weighted by molar-refractivity contribution is 5.77. The molecule has 1 aliphatic rings. The summed E-state index contributed by atoms with van der Waals surface area (Å²) in [6, 6.07) is 18.4. The van der Waals surface area contributed by atoms with Gasteiger partial charge in [0.1, 0.15) is 18.0 Å². The van der Waals surface area contributed by atoms with Gasteiger partial charge in [0.25, 0.3) is 5.91 Å². The number of para-hydroxylation sites is 1. The van der Waals surface area contributed by atoms with Crippen molar-refractivity contribution in [1.82, 2.24) is 15.1 Å². The number of hydrogen-bond donors (Lipinski definition) is 2. The highest BCUT2D eigenvalue weighted by atomic mass is 16.5. The van der Waals surface area contributed by atoms with Gasteiger partial charge in [-0.15, -0.1) is 0 Å². The van der Waals surface area contributed by atoms with Crippen LogP contribution in [0.4, 0.5) is 0 Å². The quantitative estimate of drug-likeness (QED) is 0.616. The molecule has 0 saturated heterocycles. The van der Waals surface area contributed by atoms with Gasteiger partial charge in [-0.05, 0) is 49.2 Å². The minimum absolute atomic E-state index is 0.117. The fraction of sp³-hybridized carbons (Fsp3) is 0.304. The van der Waals surface area contributed by atoms with E-state index in [-0.39, 0.29) is 5.91 Å². The Balaban J connectivity index is 1.59. The zero-order valence-corrected chi connectivity index (χ0v) is 16.9. The number of likely N-dealkylation sites (N-methyl/N-ethyl adjacent to an activating group) is 1. The van der Waals surface area contributed by atoms with Crippen LogP contribution in [0, 0.1) is 0 Å². The molecule has 1 heterocycles. The molecule has 1 unspecified atom stereocenters. The third-order valence-electron chi connectivity index (χ3n) is 5.07. The van der Waals surface area contributed by atoms with Crippen LogP contribution in [0.3, 0.4) is 0 Å². The first-order valence-corrected chi connectivity index (χ1v) is 10.0. The standard InChI is InChI=1S/C23H26N4O2/c1-26(16-22(28)24-19-10-11-19)14-18-15-27(20-6-4-3-5-7-20)25-23(18)17-8-12-21(29-2)13-9-17/h3-9,12-13,15,19H,10-11,14,16H2,1-2H3,(H,24,28)/p+1.